The predicted octanol–water partition coefficient (Wildman–Crippen LogP) is 1.89. The van der Waals surface area contributed by atoms with Crippen LogP contribution < -0.4 is 11.1 Å². The monoisotopic (exact) mass is 437 g/mol. The van der Waals surface area contributed by atoms with Crippen LogP contribution in [-0.2, 0) is 22.7 Å². The molecule has 0 spiro atoms. The summed E-state index contributed by atoms with van der Waals surface area (Å²) in [5.74, 6) is -1.67. The Morgan fingerprint density at radius 2 is 1.94 bits per heavy atom. The fourth-order valence-corrected chi connectivity index (χ4v) is 3.71. The van der Waals surface area contributed by atoms with E-state index in [4.69, 9.17) is 5.73 Å². The Labute approximate surface area is 184 Å². The highest BCUT2D eigenvalue weighted by Crippen LogP contribution is 2.27. The number of carbonyl (C=O) groups excluding carboxylic acids is 3. The first-order chi connectivity index (χ1) is 15.3. The van der Waals surface area contributed by atoms with Crippen LogP contribution in [0.5, 0.6) is 0 Å². The fourth-order valence-electron chi connectivity index (χ4n) is 3.71. The Balaban J connectivity index is 1.45. The molecule has 1 aliphatic rings. The molecule has 0 bridgehead atoms. The molecule has 3 amide bonds. The number of para-hydroxylation sites is 1. The highest BCUT2D eigenvalue weighted by molar-refractivity contribution is 6.04. The highest BCUT2D eigenvalue weighted by atomic mass is 19.1. The molecule has 1 heterocycles. The number of primary amides is 1. The van der Waals surface area contributed by atoms with Crippen molar-refractivity contribution < 1.29 is 18.8 Å². The Morgan fingerprint density at radius 1 is 1.19 bits per heavy atom. The van der Waals surface area contributed by atoms with Crippen LogP contribution in [0.2, 0.25) is 0 Å². The standard InChI is InChI=1S/C23H24FN5O3/c1-14-5-4-6-15(21(14)24)11-26-19(30)12-28(16-9-10-16)20(31)13-29-18-8-3-2-7-17(18)22(27-29)23(25)32/h2-8,16H,9-13H2,1H3,(H2,25,32)(H,26,30). The third-order valence-electron chi connectivity index (χ3n) is 5.55. The van der Waals surface area contributed by atoms with E-state index in [1.807, 2.05) is 0 Å². The molecule has 0 aliphatic heterocycles. The Hall–Kier alpha value is -3.75. The van der Waals surface area contributed by atoms with E-state index >= 15 is 0 Å². The fraction of sp³-hybridized carbons (Fsp3) is 0.304. The number of nitrogens with zero attached hydrogens (tertiary/aromatic N) is 3. The predicted molar refractivity (Wildman–Crippen MR) is 116 cm³/mol. The maximum atomic E-state index is 14.2. The summed E-state index contributed by atoms with van der Waals surface area (Å²) in [6.07, 6.45) is 1.63. The molecule has 4 rings (SSSR count). The van der Waals surface area contributed by atoms with Crippen molar-refractivity contribution in [3.05, 3.63) is 65.1 Å². The number of rotatable bonds is 8. The third kappa shape index (κ3) is 4.46. The lowest BCUT2D eigenvalue weighted by Gasteiger charge is -2.22. The maximum absolute atomic E-state index is 14.2. The van der Waals surface area contributed by atoms with Gasteiger partial charge in [0.15, 0.2) is 5.69 Å². The van der Waals surface area contributed by atoms with Gasteiger partial charge in [-0.2, -0.15) is 5.10 Å². The number of nitrogens with two attached hydrogens (primary N) is 1. The number of benzene rings is 2. The molecule has 1 aliphatic carbocycles. The Bertz CT molecular complexity index is 1200. The molecule has 3 N–H and O–H groups in total. The van der Waals surface area contributed by atoms with Crippen LogP contribution in [0.25, 0.3) is 10.9 Å². The average Bonchev–Trinajstić information content (AvgIpc) is 3.54. The molecule has 166 valence electrons. The summed E-state index contributed by atoms with van der Waals surface area (Å²) in [4.78, 5) is 38.8. The van der Waals surface area contributed by atoms with Crippen molar-refractivity contribution in [3.8, 4) is 0 Å². The topological polar surface area (TPSA) is 110 Å². The van der Waals surface area contributed by atoms with Crippen LogP contribution in [0.15, 0.2) is 42.5 Å². The largest absolute Gasteiger partial charge is 0.364 e. The van der Waals surface area contributed by atoms with Crippen molar-refractivity contribution in [3.63, 3.8) is 0 Å². The van der Waals surface area contributed by atoms with Gasteiger partial charge in [-0.25, -0.2) is 4.39 Å². The Kier molecular flexibility index (Phi) is 5.89. The Morgan fingerprint density at radius 3 is 2.66 bits per heavy atom. The second kappa shape index (κ2) is 8.78. The van der Waals surface area contributed by atoms with Gasteiger partial charge in [-0.1, -0.05) is 36.4 Å². The zero-order valence-corrected chi connectivity index (χ0v) is 17.7. The van der Waals surface area contributed by atoms with Crippen LogP contribution in [0.4, 0.5) is 4.39 Å². The van der Waals surface area contributed by atoms with Crippen molar-refractivity contribution in [2.45, 2.75) is 38.9 Å². The van der Waals surface area contributed by atoms with Gasteiger partial charge in [0, 0.05) is 23.5 Å². The van der Waals surface area contributed by atoms with E-state index in [0.29, 0.717) is 22.0 Å². The van der Waals surface area contributed by atoms with Crippen molar-refractivity contribution in [2.75, 3.05) is 6.54 Å². The van der Waals surface area contributed by atoms with Gasteiger partial charge >= 0.3 is 0 Å². The normalized spacial score (nSPS) is 13.2. The van der Waals surface area contributed by atoms with E-state index in [9.17, 15) is 18.8 Å². The molecule has 0 unspecified atom stereocenters. The summed E-state index contributed by atoms with van der Waals surface area (Å²) in [5.41, 5.74) is 7.04. The van der Waals surface area contributed by atoms with Gasteiger partial charge in [0.25, 0.3) is 5.91 Å². The van der Waals surface area contributed by atoms with E-state index in [1.54, 1.807) is 49.4 Å². The summed E-state index contributed by atoms with van der Waals surface area (Å²) < 4.78 is 15.6. The maximum Gasteiger partial charge on any atom is 0.269 e. The molecule has 0 saturated heterocycles. The summed E-state index contributed by atoms with van der Waals surface area (Å²) >= 11 is 0. The first-order valence-corrected chi connectivity index (χ1v) is 10.4. The molecule has 1 fully saturated rings. The van der Waals surface area contributed by atoms with Crippen molar-refractivity contribution in [1.82, 2.24) is 20.0 Å². The molecule has 8 nitrogen and oxygen atoms in total. The molecule has 9 heteroatoms. The minimum absolute atomic E-state index is 0.0126. The molecule has 0 atom stereocenters. The van der Waals surface area contributed by atoms with Crippen LogP contribution in [0, 0.1) is 12.7 Å². The number of halogens is 1. The highest BCUT2D eigenvalue weighted by Gasteiger charge is 2.34. The molecular weight excluding hydrogens is 413 g/mol. The van der Waals surface area contributed by atoms with Crippen molar-refractivity contribution in [2.24, 2.45) is 5.73 Å². The first-order valence-electron chi connectivity index (χ1n) is 10.4. The van der Waals surface area contributed by atoms with Crippen molar-refractivity contribution in [1.29, 1.82) is 0 Å². The lowest BCUT2D eigenvalue weighted by molar-refractivity contribution is -0.137. The van der Waals surface area contributed by atoms with E-state index in [2.05, 4.69) is 10.4 Å². The van der Waals surface area contributed by atoms with Crippen LogP contribution >= 0.6 is 0 Å². The zero-order valence-electron chi connectivity index (χ0n) is 17.7. The minimum Gasteiger partial charge on any atom is -0.364 e. The van der Waals surface area contributed by atoms with E-state index in [1.165, 1.54) is 9.58 Å². The average molecular weight is 437 g/mol. The van der Waals surface area contributed by atoms with Crippen LogP contribution in [-0.4, -0.2) is 45.0 Å². The number of aryl methyl sites for hydroxylation is 1. The van der Waals surface area contributed by atoms with Gasteiger partial charge in [-0.15, -0.1) is 0 Å². The second-order valence-corrected chi connectivity index (χ2v) is 7.97. The zero-order chi connectivity index (χ0) is 22.8. The number of hydrogen-bond acceptors (Lipinski definition) is 4. The number of carbonyl (C=O) groups is 3. The number of hydrogen-bond donors (Lipinski definition) is 2. The van der Waals surface area contributed by atoms with E-state index < -0.39 is 5.91 Å². The third-order valence-corrected chi connectivity index (χ3v) is 5.55. The van der Waals surface area contributed by atoms with Crippen LogP contribution in [0.3, 0.4) is 0 Å². The first kappa shape index (κ1) is 21.5. The minimum atomic E-state index is -0.672. The smallest absolute Gasteiger partial charge is 0.269 e. The van der Waals surface area contributed by atoms with Gasteiger partial charge in [-0.3, -0.25) is 19.1 Å². The molecule has 2 aromatic carbocycles. The lowest BCUT2D eigenvalue weighted by Crippen LogP contribution is -2.43. The summed E-state index contributed by atoms with van der Waals surface area (Å²) in [7, 11) is 0. The molecule has 1 saturated carbocycles. The molecule has 0 radical (unpaired) electrons. The van der Waals surface area contributed by atoms with Gasteiger partial charge in [0.1, 0.15) is 12.4 Å². The van der Waals surface area contributed by atoms with E-state index in [-0.39, 0.29) is 49.0 Å². The molecular formula is C23H24FN5O3. The van der Waals surface area contributed by atoms with Gasteiger partial charge in [-0.05, 0) is 31.4 Å². The molecule has 3 aromatic rings. The quantitative estimate of drug-likeness (QED) is 0.561. The second-order valence-electron chi connectivity index (χ2n) is 7.97. The summed E-state index contributed by atoms with van der Waals surface area (Å²) in [6.45, 7) is 1.46. The molecule has 32 heavy (non-hydrogen) atoms. The number of amides is 3. The van der Waals surface area contributed by atoms with E-state index in [0.717, 1.165) is 12.8 Å². The summed E-state index contributed by atoms with van der Waals surface area (Å²) in [6, 6.07) is 12.0. The number of nitrogens with one attached hydrogen (secondary N) is 1. The molecule has 1 aromatic heterocycles. The van der Waals surface area contributed by atoms with Gasteiger partial charge < -0.3 is 16.0 Å². The SMILES string of the molecule is Cc1cccc(CNC(=O)CN(C(=O)Cn2nc(C(N)=O)c3ccccc32)C2CC2)c1F. The lowest BCUT2D eigenvalue weighted by atomic mass is 10.1. The van der Waals surface area contributed by atoms with Crippen LogP contribution in [0.1, 0.15) is 34.5 Å². The van der Waals surface area contributed by atoms with Gasteiger partial charge in [0.2, 0.25) is 11.8 Å². The number of fused-ring (bicyclic) bond motifs is 1. The van der Waals surface area contributed by atoms with Gasteiger partial charge in [0.05, 0.1) is 12.1 Å². The van der Waals surface area contributed by atoms with Crippen molar-refractivity contribution >= 4 is 28.6 Å². The number of aromatic nitrogens is 2. The summed E-state index contributed by atoms with van der Waals surface area (Å²) in [5, 5.41) is 7.48.